The van der Waals surface area contributed by atoms with Gasteiger partial charge in [-0.05, 0) is 13.8 Å². The van der Waals surface area contributed by atoms with Gasteiger partial charge in [-0.2, -0.15) is 0 Å². The van der Waals surface area contributed by atoms with Crippen LogP contribution in [-0.4, -0.2) is 16.5 Å². The number of aryl methyl sites for hydroxylation is 1. The summed E-state index contributed by atoms with van der Waals surface area (Å²) in [5.74, 6) is 5.49. The number of rotatable bonds is 3. The number of anilines is 1. The third-order valence-electron chi connectivity index (χ3n) is 1.68. The highest BCUT2D eigenvalue weighted by Crippen LogP contribution is 2.10. The predicted octanol–water partition coefficient (Wildman–Crippen LogP) is 1.75. The molecule has 0 aliphatic carbocycles. The normalized spacial score (nSPS) is 9.07. The van der Waals surface area contributed by atoms with Crippen LogP contribution in [-0.2, 0) is 0 Å². The zero-order valence-electron chi connectivity index (χ0n) is 8.26. The standard InChI is InChI=1S/C10H12FN3/c1-3-4-5-6-12-10-9(11)8(2)13-7-14-10/h7H,5-6H2,1-2H3,(H,12,13,14). The molecule has 0 spiro atoms. The maximum Gasteiger partial charge on any atom is 0.186 e. The Kier molecular flexibility index (Phi) is 3.86. The molecule has 14 heavy (non-hydrogen) atoms. The fourth-order valence-corrected chi connectivity index (χ4v) is 0.950. The summed E-state index contributed by atoms with van der Waals surface area (Å²) >= 11 is 0. The maximum absolute atomic E-state index is 13.3. The van der Waals surface area contributed by atoms with Crippen molar-refractivity contribution in [3.63, 3.8) is 0 Å². The minimum atomic E-state index is -0.392. The van der Waals surface area contributed by atoms with Crippen molar-refractivity contribution >= 4 is 5.82 Å². The Morgan fingerprint density at radius 1 is 1.50 bits per heavy atom. The highest BCUT2D eigenvalue weighted by atomic mass is 19.1. The number of nitrogens with one attached hydrogen (secondary N) is 1. The number of aromatic nitrogens is 2. The van der Waals surface area contributed by atoms with Gasteiger partial charge in [0.05, 0.1) is 5.69 Å². The van der Waals surface area contributed by atoms with E-state index in [9.17, 15) is 4.39 Å². The number of halogens is 1. The van der Waals surface area contributed by atoms with Gasteiger partial charge >= 0.3 is 0 Å². The fourth-order valence-electron chi connectivity index (χ4n) is 0.950. The third-order valence-corrected chi connectivity index (χ3v) is 1.68. The van der Waals surface area contributed by atoms with E-state index in [-0.39, 0.29) is 5.82 Å². The first-order valence-electron chi connectivity index (χ1n) is 4.36. The summed E-state index contributed by atoms with van der Waals surface area (Å²) in [5.41, 5.74) is 0.351. The van der Waals surface area contributed by atoms with Gasteiger partial charge in [-0.3, -0.25) is 0 Å². The van der Waals surface area contributed by atoms with Crippen molar-refractivity contribution in [2.75, 3.05) is 11.9 Å². The Hall–Kier alpha value is -1.63. The Labute approximate surface area is 82.8 Å². The third kappa shape index (κ3) is 2.70. The first-order valence-corrected chi connectivity index (χ1v) is 4.36. The van der Waals surface area contributed by atoms with Crippen LogP contribution in [0.2, 0.25) is 0 Å². The van der Waals surface area contributed by atoms with Crippen molar-refractivity contribution in [1.29, 1.82) is 0 Å². The van der Waals surface area contributed by atoms with Crippen LogP contribution >= 0.6 is 0 Å². The monoisotopic (exact) mass is 193 g/mol. The van der Waals surface area contributed by atoms with E-state index in [4.69, 9.17) is 0 Å². The molecule has 1 aromatic rings. The molecule has 1 heterocycles. The first kappa shape index (κ1) is 10.5. The molecule has 0 saturated carbocycles. The van der Waals surface area contributed by atoms with Crippen LogP contribution in [0.4, 0.5) is 10.2 Å². The summed E-state index contributed by atoms with van der Waals surface area (Å²) in [6.07, 6.45) is 2.02. The van der Waals surface area contributed by atoms with Crippen molar-refractivity contribution in [1.82, 2.24) is 9.97 Å². The molecular formula is C10H12FN3. The first-order chi connectivity index (χ1) is 6.75. The molecule has 0 aliphatic rings. The smallest absolute Gasteiger partial charge is 0.186 e. The topological polar surface area (TPSA) is 37.8 Å². The molecule has 0 aromatic carbocycles. The lowest BCUT2D eigenvalue weighted by Gasteiger charge is -2.04. The Bertz CT molecular complexity index is 365. The molecule has 3 nitrogen and oxygen atoms in total. The minimum Gasteiger partial charge on any atom is -0.367 e. The highest BCUT2D eigenvalue weighted by molar-refractivity contribution is 5.36. The second-order valence-corrected chi connectivity index (χ2v) is 2.73. The molecule has 0 atom stereocenters. The Balaban J connectivity index is 2.57. The van der Waals surface area contributed by atoms with E-state index in [1.165, 1.54) is 6.33 Å². The lowest BCUT2D eigenvalue weighted by atomic mass is 10.4. The summed E-state index contributed by atoms with van der Waals surface area (Å²) in [6.45, 7) is 3.97. The molecule has 0 unspecified atom stereocenters. The van der Waals surface area contributed by atoms with E-state index < -0.39 is 5.82 Å². The van der Waals surface area contributed by atoms with E-state index in [2.05, 4.69) is 27.1 Å². The number of hydrogen-bond acceptors (Lipinski definition) is 3. The summed E-state index contributed by atoms with van der Waals surface area (Å²) < 4.78 is 13.3. The molecule has 0 fully saturated rings. The van der Waals surface area contributed by atoms with E-state index >= 15 is 0 Å². The summed E-state index contributed by atoms with van der Waals surface area (Å²) in [7, 11) is 0. The van der Waals surface area contributed by atoms with Crippen molar-refractivity contribution in [2.45, 2.75) is 20.3 Å². The lowest BCUT2D eigenvalue weighted by molar-refractivity contribution is 0.605. The van der Waals surface area contributed by atoms with Crippen LogP contribution in [0, 0.1) is 24.6 Å². The van der Waals surface area contributed by atoms with E-state index in [1.54, 1.807) is 13.8 Å². The molecule has 0 radical (unpaired) electrons. The number of nitrogens with zero attached hydrogens (tertiary/aromatic N) is 2. The van der Waals surface area contributed by atoms with Crippen molar-refractivity contribution in [2.24, 2.45) is 0 Å². The van der Waals surface area contributed by atoms with E-state index in [0.717, 1.165) is 0 Å². The second-order valence-electron chi connectivity index (χ2n) is 2.73. The average Bonchev–Trinajstić information content (AvgIpc) is 2.19. The summed E-state index contributed by atoms with van der Waals surface area (Å²) in [6, 6.07) is 0. The van der Waals surface area contributed by atoms with Crippen LogP contribution in [0.5, 0.6) is 0 Å². The van der Waals surface area contributed by atoms with Crippen LogP contribution in [0.3, 0.4) is 0 Å². The quantitative estimate of drug-likeness (QED) is 0.587. The van der Waals surface area contributed by atoms with Gasteiger partial charge in [-0.1, -0.05) is 0 Å². The molecule has 1 N–H and O–H groups in total. The van der Waals surface area contributed by atoms with Gasteiger partial charge in [0.2, 0.25) is 0 Å². The molecule has 0 amide bonds. The molecule has 1 aromatic heterocycles. The molecule has 0 aliphatic heterocycles. The predicted molar refractivity (Wildman–Crippen MR) is 53.3 cm³/mol. The van der Waals surface area contributed by atoms with Crippen molar-refractivity contribution in [3.8, 4) is 11.8 Å². The van der Waals surface area contributed by atoms with Gasteiger partial charge in [-0.25, -0.2) is 14.4 Å². The van der Waals surface area contributed by atoms with Gasteiger partial charge in [0.15, 0.2) is 11.6 Å². The van der Waals surface area contributed by atoms with Gasteiger partial charge in [0, 0.05) is 13.0 Å². The van der Waals surface area contributed by atoms with Crippen LogP contribution < -0.4 is 5.32 Å². The minimum absolute atomic E-state index is 0.246. The largest absolute Gasteiger partial charge is 0.367 e. The van der Waals surface area contributed by atoms with Crippen molar-refractivity contribution < 1.29 is 4.39 Å². The lowest BCUT2D eigenvalue weighted by Crippen LogP contribution is -2.06. The van der Waals surface area contributed by atoms with Crippen molar-refractivity contribution in [3.05, 3.63) is 17.8 Å². The van der Waals surface area contributed by atoms with E-state index in [0.29, 0.717) is 18.7 Å². The molecule has 74 valence electrons. The van der Waals surface area contributed by atoms with Crippen LogP contribution in [0.15, 0.2) is 6.33 Å². The molecule has 0 bridgehead atoms. The Morgan fingerprint density at radius 2 is 2.29 bits per heavy atom. The fraction of sp³-hybridized carbons (Fsp3) is 0.400. The zero-order valence-corrected chi connectivity index (χ0v) is 8.26. The molecular weight excluding hydrogens is 181 g/mol. The van der Waals surface area contributed by atoms with E-state index in [1.807, 2.05) is 0 Å². The average molecular weight is 193 g/mol. The maximum atomic E-state index is 13.3. The van der Waals surface area contributed by atoms with Crippen LogP contribution in [0.25, 0.3) is 0 Å². The zero-order chi connectivity index (χ0) is 10.4. The van der Waals surface area contributed by atoms with Crippen LogP contribution in [0.1, 0.15) is 19.0 Å². The molecule has 4 heteroatoms. The highest BCUT2D eigenvalue weighted by Gasteiger charge is 2.05. The Morgan fingerprint density at radius 3 is 3.00 bits per heavy atom. The summed E-state index contributed by atoms with van der Waals surface area (Å²) in [5, 5.41) is 2.86. The molecule has 1 rings (SSSR count). The summed E-state index contributed by atoms with van der Waals surface area (Å²) in [4.78, 5) is 7.52. The van der Waals surface area contributed by atoms with Gasteiger partial charge in [-0.15, -0.1) is 11.8 Å². The SMILES string of the molecule is CC#CCCNc1ncnc(C)c1F. The molecule has 0 saturated heterocycles. The van der Waals surface area contributed by atoms with Gasteiger partial charge in [0.1, 0.15) is 6.33 Å². The van der Waals surface area contributed by atoms with Gasteiger partial charge < -0.3 is 5.32 Å². The number of hydrogen-bond donors (Lipinski definition) is 1. The van der Waals surface area contributed by atoms with Gasteiger partial charge in [0.25, 0.3) is 0 Å². The second kappa shape index (κ2) is 5.18.